The van der Waals surface area contributed by atoms with Crippen molar-refractivity contribution in [3.05, 3.63) is 69.6 Å². The van der Waals surface area contributed by atoms with Crippen LogP contribution in [-0.4, -0.2) is 11.2 Å². The Bertz CT molecular complexity index is 1070. The van der Waals surface area contributed by atoms with Gasteiger partial charge in [0.2, 0.25) is 0 Å². The van der Waals surface area contributed by atoms with Crippen LogP contribution in [-0.2, 0) is 5.41 Å². The van der Waals surface area contributed by atoms with Gasteiger partial charge in [-0.3, -0.25) is 0 Å². The molecule has 0 radical (unpaired) electrons. The number of rotatable bonds is 5. The smallest absolute Gasteiger partial charge is 0.344 e. The van der Waals surface area contributed by atoms with Crippen molar-refractivity contribution in [2.75, 3.05) is 0 Å². The molecule has 3 rings (SSSR count). The van der Waals surface area contributed by atoms with Crippen molar-refractivity contribution in [2.45, 2.75) is 65.4 Å². The standard InChI is InChI=1S/C25H30O4/c1-7-25(6)14-18(13-16(4)10-8-9-15(2)3)28-23-20-17(5)11-12-19(26)22(20)29-24(27)21(23)25/h7,9,11-13,18,26H,1,8,10,14H2,2-6H3/t18-,25+/m1/s1. The van der Waals surface area contributed by atoms with Crippen LogP contribution in [0, 0.1) is 6.92 Å². The average Bonchev–Trinajstić information content (AvgIpc) is 2.64. The molecule has 2 heterocycles. The largest absolute Gasteiger partial charge is 0.504 e. The maximum atomic E-state index is 12.8. The predicted molar refractivity (Wildman–Crippen MR) is 118 cm³/mol. The van der Waals surface area contributed by atoms with Crippen LogP contribution < -0.4 is 10.4 Å². The Morgan fingerprint density at radius 2 is 2.07 bits per heavy atom. The fraction of sp³-hybridized carbons (Fsp3) is 0.400. The monoisotopic (exact) mass is 394 g/mol. The topological polar surface area (TPSA) is 59.7 Å². The van der Waals surface area contributed by atoms with Crippen LogP contribution in [0.3, 0.4) is 0 Å². The highest BCUT2D eigenvalue weighted by molar-refractivity contribution is 5.92. The molecule has 4 heteroatoms. The first-order valence-corrected chi connectivity index (χ1v) is 10.1. The summed E-state index contributed by atoms with van der Waals surface area (Å²) in [5.74, 6) is 0.432. The fourth-order valence-corrected chi connectivity index (χ4v) is 4.01. The van der Waals surface area contributed by atoms with Crippen LogP contribution in [0.1, 0.15) is 58.1 Å². The molecule has 0 spiro atoms. The van der Waals surface area contributed by atoms with Crippen molar-refractivity contribution in [2.24, 2.45) is 0 Å². The number of hydrogen-bond acceptors (Lipinski definition) is 4. The van der Waals surface area contributed by atoms with Gasteiger partial charge in [0, 0.05) is 11.8 Å². The summed E-state index contributed by atoms with van der Waals surface area (Å²) in [7, 11) is 0. The molecule has 0 bridgehead atoms. The van der Waals surface area contributed by atoms with Crippen molar-refractivity contribution in [1.29, 1.82) is 0 Å². The fourth-order valence-electron chi connectivity index (χ4n) is 4.01. The van der Waals surface area contributed by atoms with Gasteiger partial charge in [0.15, 0.2) is 11.3 Å². The predicted octanol–water partition coefficient (Wildman–Crippen LogP) is 6.09. The average molecular weight is 395 g/mol. The molecular formula is C25H30O4. The van der Waals surface area contributed by atoms with Crippen LogP contribution in [0.2, 0.25) is 0 Å². The number of phenolic OH excluding ortho intramolecular Hbond substituents is 1. The zero-order valence-electron chi connectivity index (χ0n) is 18.0. The molecule has 0 saturated heterocycles. The van der Waals surface area contributed by atoms with Crippen LogP contribution in [0.25, 0.3) is 11.0 Å². The molecule has 0 aliphatic carbocycles. The minimum atomic E-state index is -0.582. The van der Waals surface area contributed by atoms with Gasteiger partial charge in [-0.15, -0.1) is 6.58 Å². The summed E-state index contributed by atoms with van der Waals surface area (Å²) >= 11 is 0. The highest BCUT2D eigenvalue weighted by Crippen LogP contribution is 2.46. The Labute approximate surface area is 172 Å². The van der Waals surface area contributed by atoms with Crippen LogP contribution in [0.4, 0.5) is 0 Å². The zero-order chi connectivity index (χ0) is 21.3. The lowest BCUT2D eigenvalue weighted by atomic mass is 9.75. The molecule has 29 heavy (non-hydrogen) atoms. The molecular weight excluding hydrogens is 364 g/mol. The van der Waals surface area contributed by atoms with E-state index in [4.69, 9.17) is 9.15 Å². The van der Waals surface area contributed by atoms with Gasteiger partial charge in [-0.05, 0) is 58.2 Å². The molecule has 2 atom stereocenters. The van der Waals surface area contributed by atoms with Gasteiger partial charge in [0.25, 0.3) is 0 Å². The maximum Gasteiger partial charge on any atom is 0.344 e. The molecule has 0 saturated carbocycles. The third-order valence-electron chi connectivity index (χ3n) is 5.68. The molecule has 0 unspecified atom stereocenters. The number of hydrogen-bond donors (Lipinski definition) is 1. The third kappa shape index (κ3) is 4.02. The first-order valence-electron chi connectivity index (χ1n) is 10.1. The Hall–Kier alpha value is -2.75. The molecule has 1 aromatic heterocycles. The van der Waals surface area contributed by atoms with Gasteiger partial charge in [-0.1, -0.05) is 36.3 Å². The molecule has 1 aliphatic rings. The number of fused-ring (bicyclic) bond motifs is 3. The minimum absolute atomic E-state index is 0.0648. The van der Waals surface area contributed by atoms with Crippen molar-refractivity contribution < 1.29 is 14.3 Å². The van der Waals surface area contributed by atoms with E-state index in [0.29, 0.717) is 23.1 Å². The van der Waals surface area contributed by atoms with Crippen LogP contribution >= 0.6 is 0 Å². The Morgan fingerprint density at radius 1 is 1.34 bits per heavy atom. The number of ether oxygens (including phenoxy) is 1. The molecule has 154 valence electrons. The summed E-state index contributed by atoms with van der Waals surface area (Å²) in [6, 6.07) is 3.34. The van der Waals surface area contributed by atoms with E-state index in [2.05, 4.69) is 39.5 Å². The summed E-state index contributed by atoms with van der Waals surface area (Å²) in [6.45, 7) is 14.2. The lowest BCUT2D eigenvalue weighted by Crippen LogP contribution is -2.38. The number of benzene rings is 1. The normalized spacial score (nSPS) is 21.4. The van der Waals surface area contributed by atoms with Crippen molar-refractivity contribution in [1.82, 2.24) is 0 Å². The second-order valence-electron chi connectivity index (χ2n) is 8.51. The lowest BCUT2D eigenvalue weighted by molar-refractivity contribution is 0.181. The van der Waals surface area contributed by atoms with Gasteiger partial charge in [0.1, 0.15) is 11.9 Å². The van der Waals surface area contributed by atoms with E-state index in [1.807, 2.05) is 13.8 Å². The molecule has 1 aliphatic heterocycles. The molecule has 1 N–H and O–H groups in total. The second-order valence-corrected chi connectivity index (χ2v) is 8.51. The quantitative estimate of drug-likeness (QED) is 0.492. The molecule has 1 aromatic carbocycles. The van der Waals surface area contributed by atoms with E-state index in [1.165, 1.54) is 17.2 Å². The van der Waals surface area contributed by atoms with Crippen LogP contribution in [0.15, 0.2) is 57.3 Å². The van der Waals surface area contributed by atoms with E-state index in [-0.39, 0.29) is 17.4 Å². The van der Waals surface area contributed by atoms with E-state index < -0.39 is 11.0 Å². The van der Waals surface area contributed by atoms with Gasteiger partial charge >= 0.3 is 5.63 Å². The summed E-state index contributed by atoms with van der Waals surface area (Å²) in [5.41, 5.74) is 3.02. The molecule has 2 aromatic rings. The second kappa shape index (κ2) is 7.94. The number of allylic oxidation sites excluding steroid dienone is 4. The van der Waals surface area contributed by atoms with Gasteiger partial charge < -0.3 is 14.3 Å². The highest BCUT2D eigenvalue weighted by Gasteiger charge is 2.40. The van der Waals surface area contributed by atoms with Gasteiger partial charge in [-0.2, -0.15) is 0 Å². The Morgan fingerprint density at radius 3 is 2.72 bits per heavy atom. The molecule has 0 amide bonds. The summed E-state index contributed by atoms with van der Waals surface area (Å²) in [5, 5.41) is 10.9. The molecule has 0 fully saturated rings. The first-order chi connectivity index (χ1) is 13.7. The van der Waals surface area contributed by atoms with Crippen LogP contribution in [0.5, 0.6) is 11.5 Å². The van der Waals surface area contributed by atoms with E-state index in [1.54, 1.807) is 12.1 Å². The van der Waals surface area contributed by atoms with Crippen molar-refractivity contribution >= 4 is 11.0 Å². The van der Waals surface area contributed by atoms with E-state index in [0.717, 1.165) is 18.4 Å². The molecule has 4 nitrogen and oxygen atoms in total. The van der Waals surface area contributed by atoms with Crippen molar-refractivity contribution in [3.63, 3.8) is 0 Å². The van der Waals surface area contributed by atoms with Crippen molar-refractivity contribution in [3.8, 4) is 11.5 Å². The summed E-state index contributed by atoms with van der Waals surface area (Å²) in [6.07, 6.45) is 8.54. The third-order valence-corrected chi connectivity index (χ3v) is 5.68. The van der Waals surface area contributed by atoms with Gasteiger partial charge in [0.05, 0.1) is 10.9 Å². The first kappa shape index (κ1) is 21.0. The number of phenols is 1. The number of aromatic hydroxyl groups is 1. The summed E-state index contributed by atoms with van der Waals surface area (Å²) in [4.78, 5) is 12.8. The van der Waals surface area contributed by atoms with E-state index >= 15 is 0 Å². The number of aryl methyl sites for hydroxylation is 1. The highest BCUT2D eigenvalue weighted by atomic mass is 16.5. The zero-order valence-corrected chi connectivity index (χ0v) is 18.0. The SMILES string of the molecule is C=C[C@@]1(C)C[C@@H](C=C(C)CCC=C(C)C)Oc2c1c(=O)oc1c(O)ccc(C)c21. The Balaban J connectivity index is 2.12. The van der Waals surface area contributed by atoms with Gasteiger partial charge in [-0.25, -0.2) is 4.79 Å². The maximum absolute atomic E-state index is 12.8. The summed E-state index contributed by atoms with van der Waals surface area (Å²) < 4.78 is 11.9. The Kier molecular flexibility index (Phi) is 5.74. The lowest BCUT2D eigenvalue weighted by Gasteiger charge is -2.36. The minimum Gasteiger partial charge on any atom is -0.504 e. The van der Waals surface area contributed by atoms with E-state index in [9.17, 15) is 9.90 Å².